The predicted octanol–water partition coefficient (Wildman–Crippen LogP) is 3.79. The molecular weight excluding hydrogens is 379 g/mol. The second kappa shape index (κ2) is 6.49. The van der Waals surface area contributed by atoms with Crippen LogP contribution in [0.25, 0.3) is 11.3 Å². The molecule has 0 aliphatic heterocycles. The summed E-state index contributed by atoms with van der Waals surface area (Å²) in [6, 6.07) is 11.6. The molecule has 0 atom stereocenters. The maximum atomic E-state index is 5.24. The molecule has 0 radical (unpaired) electrons. The summed E-state index contributed by atoms with van der Waals surface area (Å²) in [6.07, 6.45) is 6.62. The molecule has 2 heterocycles. The largest absolute Gasteiger partial charge is 0.444 e. The lowest BCUT2D eigenvalue weighted by Crippen LogP contribution is -1.91. The van der Waals surface area contributed by atoms with Crippen LogP contribution in [0.1, 0.15) is 5.56 Å². The smallest absolute Gasteiger partial charge is 0.181 e. The van der Waals surface area contributed by atoms with Gasteiger partial charge in [0, 0.05) is 11.8 Å². The monoisotopic (exact) mass is 390 g/mol. The van der Waals surface area contributed by atoms with Gasteiger partial charge in [-0.05, 0) is 64.6 Å². The Morgan fingerprint density at radius 3 is 2.76 bits per heavy atom. The summed E-state index contributed by atoms with van der Waals surface area (Å²) in [5, 5.41) is 4.20. The molecule has 21 heavy (non-hydrogen) atoms. The number of hydrogen-bond donors (Lipinski definition) is 1. The number of halogens is 1. The summed E-state index contributed by atoms with van der Waals surface area (Å²) in [5.41, 5.74) is 5.86. The minimum absolute atomic E-state index is 0.747. The van der Waals surface area contributed by atoms with Crippen LogP contribution in [0, 0.1) is 3.70 Å². The highest BCUT2D eigenvalue weighted by Crippen LogP contribution is 2.20. The van der Waals surface area contributed by atoms with Crippen molar-refractivity contribution in [1.82, 2.24) is 9.97 Å². The number of nitrogens with zero attached hydrogens (tertiary/aromatic N) is 3. The molecule has 0 aliphatic carbocycles. The van der Waals surface area contributed by atoms with E-state index in [1.165, 1.54) is 6.39 Å². The Bertz CT molecular complexity index is 739. The normalized spacial score (nSPS) is 10.9. The van der Waals surface area contributed by atoms with Gasteiger partial charge in [-0.1, -0.05) is 0 Å². The minimum Gasteiger partial charge on any atom is -0.444 e. The fraction of sp³-hybridized carbons (Fsp3) is 0. The molecule has 2 aromatic heterocycles. The van der Waals surface area contributed by atoms with Gasteiger partial charge in [-0.15, -0.1) is 0 Å². The molecule has 3 rings (SSSR count). The molecule has 0 unspecified atom stereocenters. The molecular formula is C15H11IN4O. The van der Waals surface area contributed by atoms with Gasteiger partial charge in [0.25, 0.3) is 0 Å². The highest BCUT2D eigenvalue weighted by Gasteiger charge is 2.00. The summed E-state index contributed by atoms with van der Waals surface area (Å²) in [6.45, 7) is 0. The van der Waals surface area contributed by atoms with Crippen molar-refractivity contribution in [2.45, 2.75) is 0 Å². The first-order chi connectivity index (χ1) is 10.3. The fourth-order valence-corrected chi connectivity index (χ4v) is 2.27. The zero-order valence-corrected chi connectivity index (χ0v) is 13.1. The maximum Gasteiger partial charge on any atom is 0.181 e. The zero-order chi connectivity index (χ0) is 14.5. The van der Waals surface area contributed by atoms with Crippen LogP contribution < -0.4 is 5.43 Å². The molecule has 0 saturated heterocycles. The van der Waals surface area contributed by atoms with Gasteiger partial charge in [0.2, 0.25) is 0 Å². The third-order valence-electron chi connectivity index (χ3n) is 2.76. The minimum atomic E-state index is 0.747. The molecule has 0 amide bonds. The predicted molar refractivity (Wildman–Crippen MR) is 90.1 cm³/mol. The van der Waals surface area contributed by atoms with E-state index in [-0.39, 0.29) is 0 Å². The third-order valence-corrected chi connectivity index (χ3v) is 3.35. The van der Waals surface area contributed by atoms with Crippen LogP contribution in [-0.4, -0.2) is 16.2 Å². The number of hydrazone groups is 1. The molecule has 1 N–H and O–H groups in total. The summed E-state index contributed by atoms with van der Waals surface area (Å²) >= 11 is 2.17. The van der Waals surface area contributed by atoms with E-state index in [1.807, 2.05) is 36.4 Å². The van der Waals surface area contributed by atoms with Gasteiger partial charge in [-0.25, -0.2) is 4.98 Å². The van der Waals surface area contributed by atoms with Crippen LogP contribution in [0.2, 0.25) is 0 Å². The van der Waals surface area contributed by atoms with E-state index in [9.17, 15) is 0 Å². The lowest BCUT2D eigenvalue weighted by atomic mass is 10.2. The Labute approximate surface area is 135 Å². The maximum absolute atomic E-state index is 5.24. The summed E-state index contributed by atoms with van der Waals surface area (Å²) in [7, 11) is 0. The number of benzene rings is 1. The average Bonchev–Trinajstić information content (AvgIpc) is 3.02. The molecule has 0 aliphatic rings. The van der Waals surface area contributed by atoms with Gasteiger partial charge in [0.1, 0.15) is 3.70 Å². The van der Waals surface area contributed by atoms with Gasteiger partial charge in [-0.2, -0.15) is 5.10 Å². The Balaban J connectivity index is 1.66. The molecule has 0 fully saturated rings. The van der Waals surface area contributed by atoms with Crippen molar-refractivity contribution in [2.75, 3.05) is 5.43 Å². The van der Waals surface area contributed by atoms with Crippen molar-refractivity contribution < 1.29 is 4.42 Å². The number of aromatic nitrogens is 2. The number of anilines is 1. The lowest BCUT2D eigenvalue weighted by Gasteiger charge is -2.01. The van der Waals surface area contributed by atoms with Crippen LogP contribution in [0.4, 0.5) is 5.69 Å². The average molecular weight is 390 g/mol. The van der Waals surface area contributed by atoms with Crippen LogP contribution >= 0.6 is 22.6 Å². The Morgan fingerprint density at radius 2 is 2.05 bits per heavy atom. The first kappa shape index (κ1) is 13.7. The van der Waals surface area contributed by atoms with Gasteiger partial charge < -0.3 is 4.42 Å². The van der Waals surface area contributed by atoms with Crippen molar-refractivity contribution in [3.63, 3.8) is 0 Å². The van der Waals surface area contributed by atoms with Crippen LogP contribution in [0.15, 0.2) is 64.7 Å². The highest BCUT2D eigenvalue weighted by molar-refractivity contribution is 14.1. The number of nitrogens with one attached hydrogen (secondary N) is 1. The SMILES string of the molecule is Ic1cc(C=NNc2ccc(-c3cnco3)cc2)ccn1. The Kier molecular flexibility index (Phi) is 4.25. The van der Waals surface area contributed by atoms with Gasteiger partial charge in [-0.3, -0.25) is 10.4 Å². The quantitative estimate of drug-likeness (QED) is 0.319. The molecule has 0 spiro atoms. The zero-order valence-electron chi connectivity index (χ0n) is 10.9. The number of pyridine rings is 1. The molecule has 1 aromatic carbocycles. The number of rotatable bonds is 4. The van der Waals surface area contributed by atoms with Crippen LogP contribution in [0.5, 0.6) is 0 Å². The van der Waals surface area contributed by atoms with Crippen molar-refractivity contribution in [3.8, 4) is 11.3 Å². The van der Waals surface area contributed by atoms with Gasteiger partial charge in [0.05, 0.1) is 18.1 Å². The third kappa shape index (κ3) is 3.66. The highest BCUT2D eigenvalue weighted by atomic mass is 127. The van der Waals surface area contributed by atoms with E-state index in [1.54, 1.807) is 18.6 Å². The lowest BCUT2D eigenvalue weighted by molar-refractivity contribution is 0.572. The van der Waals surface area contributed by atoms with E-state index in [0.29, 0.717) is 0 Å². The second-order valence-electron chi connectivity index (χ2n) is 4.22. The van der Waals surface area contributed by atoms with E-state index < -0.39 is 0 Å². The van der Waals surface area contributed by atoms with Gasteiger partial charge >= 0.3 is 0 Å². The molecule has 5 nitrogen and oxygen atoms in total. The van der Waals surface area contributed by atoms with Crippen molar-refractivity contribution in [3.05, 3.63) is 64.4 Å². The first-order valence-corrected chi connectivity index (χ1v) is 7.29. The summed E-state index contributed by atoms with van der Waals surface area (Å²) < 4.78 is 6.18. The van der Waals surface area contributed by atoms with Crippen LogP contribution in [-0.2, 0) is 0 Å². The second-order valence-corrected chi connectivity index (χ2v) is 5.33. The van der Waals surface area contributed by atoms with Crippen molar-refractivity contribution in [1.29, 1.82) is 0 Å². The number of hydrogen-bond acceptors (Lipinski definition) is 5. The Hall–Kier alpha value is -2.22. The topological polar surface area (TPSA) is 63.3 Å². The molecule has 0 saturated carbocycles. The fourth-order valence-electron chi connectivity index (χ4n) is 1.75. The molecule has 3 aromatic rings. The van der Waals surface area contributed by atoms with Gasteiger partial charge in [0.15, 0.2) is 12.2 Å². The van der Waals surface area contributed by atoms with Crippen molar-refractivity contribution in [2.24, 2.45) is 5.10 Å². The molecule has 0 bridgehead atoms. The standard InChI is InChI=1S/C15H11IN4O/c16-15-7-11(5-6-18-15)8-19-20-13-3-1-12(2-4-13)14-9-17-10-21-14/h1-10,20H. The molecule has 6 heteroatoms. The van der Waals surface area contributed by atoms with Crippen LogP contribution in [0.3, 0.4) is 0 Å². The Morgan fingerprint density at radius 1 is 1.19 bits per heavy atom. The number of oxazole rings is 1. The first-order valence-electron chi connectivity index (χ1n) is 6.21. The van der Waals surface area contributed by atoms with E-state index in [0.717, 1.165) is 26.3 Å². The summed E-state index contributed by atoms with van der Waals surface area (Å²) in [4.78, 5) is 8.03. The molecule has 104 valence electrons. The van der Waals surface area contributed by atoms with E-state index in [2.05, 4.69) is 43.1 Å². The van der Waals surface area contributed by atoms with Crippen molar-refractivity contribution >= 4 is 34.5 Å². The summed E-state index contributed by atoms with van der Waals surface area (Å²) in [5.74, 6) is 0.747. The van der Waals surface area contributed by atoms with E-state index >= 15 is 0 Å². The van der Waals surface area contributed by atoms with E-state index in [4.69, 9.17) is 4.42 Å².